The molecule has 1 heterocycles. The van der Waals surface area contributed by atoms with Crippen LogP contribution in [0.3, 0.4) is 0 Å². The van der Waals surface area contributed by atoms with Crippen LogP contribution in [0.15, 0.2) is 48.5 Å². The van der Waals surface area contributed by atoms with Gasteiger partial charge in [0.25, 0.3) is 0 Å². The molecule has 2 N–H and O–H groups in total. The van der Waals surface area contributed by atoms with Crippen molar-refractivity contribution in [2.24, 2.45) is 5.41 Å². The Morgan fingerprint density at radius 3 is 2.39 bits per heavy atom. The van der Waals surface area contributed by atoms with E-state index in [4.69, 9.17) is 11.6 Å². The van der Waals surface area contributed by atoms with E-state index in [0.29, 0.717) is 24.8 Å². The normalized spacial score (nSPS) is 16.6. The van der Waals surface area contributed by atoms with Gasteiger partial charge in [0.05, 0.1) is 16.0 Å². The maximum Gasteiger partial charge on any atom is 0.417 e. The highest BCUT2D eigenvalue weighted by atomic mass is 35.5. The average molecular weight is 411 g/mol. The van der Waals surface area contributed by atoms with Gasteiger partial charge < -0.3 is 10.6 Å². The third-order valence-corrected chi connectivity index (χ3v) is 5.55. The van der Waals surface area contributed by atoms with Gasteiger partial charge in [-0.25, -0.2) is 0 Å². The molecule has 7 heteroatoms. The van der Waals surface area contributed by atoms with Gasteiger partial charge >= 0.3 is 6.18 Å². The molecule has 150 valence electrons. The Hall–Kier alpha value is -2.05. The van der Waals surface area contributed by atoms with Crippen molar-refractivity contribution in [1.82, 2.24) is 10.6 Å². The molecule has 1 fully saturated rings. The fourth-order valence-electron chi connectivity index (χ4n) is 3.65. The molecule has 1 aliphatic rings. The maximum absolute atomic E-state index is 13.1. The average Bonchev–Trinajstić information content (AvgIpc) is 2.67. The summed E-state index contributed by atoms with van der Waals surface area (Å²) in [5.41, 5.74) is -0.00708. The molecule has 2 aromatic rings. The molecule has 2 aromatic carbocycles. The lowest BCUT2D eigenvalue weighted by Gasteiger charge is -2.36. The summed E-state index contributed by atoms with van der Waals surface area (Å²) in [6.45, 7) is 1.50. The molecule has 0 aliphatic carbocycles. The molecule has 3 rings (SSSR count). The zero-order valence-electron chi connectivity index (χ0n) is 15.3. The minimum atomic E-state index is -4.53. The summed E-state index contributed by atoms with van der Waals surface area (Å²) in [5.74, 6) is -0.124. The van der Waals surface area contributed by atoms with Crippen LogP contribution in [0.5, 0.6) is 0 Å². The van der Waals surface area contributed by atoms with E-state index in [-0.39, 0.29) is 17.5 Å². The minimum Gasteiger partial charge on any atom is -0.352 e. The first-order chi connectivity index (χ1) is 13.3. The summed E-state index contributed by atoms with van der Waals surface area (Å²) >= 11 is 5.66. The Kier molecular flexibility index (Phi) is 6.30. The second kappa shape index (κ2) is 8.53. The third kappa shape index (κ3) is 4.86. The fourth-order valence-corrected chi connectivity index (χ4v) is 3.87. The number of hydrogen-bond donors (Lipinski definition) is 2. The van der Waals surface area contributed by atoms with Crippen molar-refractivity contribution in [1.29, 1.82) is 0 Å². The lowest BCUT2D eigenvalue weighted by atomic mass is 9.73. The highest BCUT2D eigenvalue weighted by molar-refractivity contribution is 6.31. The molecule has 1 aliphatic heterocycles. The molecule has 0 spiro atoms. The molecule has 0 bridgehead atoms. The van der Waals surface area contributed by atoms with Gasteiger partial charge in [0, 0.05) is 6.54 Å². The van der Waals surface area contributed by atoms with Crippen LogP contribution in [0.25, 0.3) is 0 Å². The molecule has 0 saturated carbocycles. The van der Waals surface area contributed by atoms with Gasteiger partial charge in [-0.3, -0.25) is 4.79 Å². The molecular weight excluding hydrogens is 389 g/mol. The molecule has 0 aromatic heterocycles. The number of nitrogens with one attached hydrogen (secondary N) is 2. The number of alkyl halides is 3. The summed E-state index contributed by atoms with van der Waals surface area (Å²) in [5, 5.41) is 5.77. The quantitative estimate of drug-likeness (QED) is 0.757. The van der Waals surface area contributed by atoms with Crippen LogP contribution in [-0.4, -0.2) is 19.0 Å². The van der Waals surface area contributed by atoms with Gasteiger partial charge in [-0.2, -0.15) is 13.2 Å². The van der Waals surface area contributed by atoms with Crippen molar-refractivity contribution < 1.29 is 18.0 Å². The molecule has 28 heavy (non-hydrogen) atoms. The van der Waals surface area contributed by atoms with E-state index in [1.807, 2.05) is 30.3 Å². The number of rotatable bonds is 5. The van der Waals surface area contributed by atoms with Gasteiger partial charge in [0.2, 0.25) is 5.91 Å². The van der Waals surface area contributed by atoms with Gasteiger partial charge in [-0.1, -0.05) is 48.0 Å². The smallest absolute Gasteiger partial charge is 0.352 e. The predicted octanol–water partition coefficient (Wildman–Crippen LogP) is 4.59. The van der Waals surface area contributed by atoms with Crippen LogP contribution >= 0.6 is 11.6 Å². The zero-order valence-corrected chi connectivity index (χ0v) is 16.0. The Bertz CT molecular complexity index is 818. The lowest BCUT2D eigenvalue weighted by Crippen LogP contribution is -2.48. The number of carbonyl (C=O) groups excluding carboxylic acids is 1. The Balaban J connectivity index is 1.74. The Morgan fingerprint density at radius 1 is 1.07 bits per heavy atom. The topological polar surface area (TPSA) is 41.1 Å². The SMILES string of the molecule is O=C(NCc1ccc(Cl)c(C(F)(F)F)c1)C1(Cc2ccccc2)CCNCC1. The van der Waals surface area contributed by atoms with Crippen LogP contribution in [0.1, 0.15) is 29.5 Å². The number of carbonyl (C=O) groups is 1. The van der Waals surface area contributed by atoms with E-state index in [1.165, 1.54) is 12.1 Å². The van der Waals surface area contributed by atoms with Crippen molar-refractivity contribution in [3.05, 3.63) is 70.2 Å². The highest BCUT2D eigenvalue weighted by Gasteiger charge is 2.39. The van der Waals surface area contributed by atoms with Gasteiger partial charge in [0.1, 0.15) is 0 Å². The van der Waals surface area contributed by atoms with E-state index in [1.54, 1.807) is 0 Å². The highest BCUT2D eigenvalue weighted by Crippen LogP contribution is 2.36. The van der Waals surface area contributed by atoms with Crippen molar-refractivity contribution >= 4 is 17.5 Å². The summed E-state index contributed by atoms with van der Waals surface area (Å²) < 4.78 is 39.1. The first kappa shape index (κ1) is 20.7. The number of amides is 1. The lowest BCUT2D eigenvalue weighted by molar-refractivity contribution is -0.137. The van der Waals surface area contributed by atoms with Gasteiger partial charge in [-0.15, -0.1) is 0 Å². The van der Waals surface area contributed by atoms with Crippen LogP contribution in [0, 0.1) is 5.41 Å². The minimum absolute atomic E-state index is 0.0308. The van der Waals surface area contributed by atoms with E-state index in [2.05, 4.69) is 10.6 Å². The summed E-state index contributed by atoms with van der Waals surface area (Å²) in [6.07, 6.45) is -2.55. The Labute approximate surface area is 167 Å². The van der Waals surface area contributed by atoms with E-state index in [9.17, 15) is 18.0 Å². The molecular formula is C21H22ClF3N2O. The van der Waals surface area contributed by atoms with Crippen molar-refractivity contribution in [3.8, 4) is 0 Å². The first-order valence-corrected chi connectivity index (χ1v) is 9.57. The standard InChI is InChI=1S/C21H22ClF3N2O/c22-18-7-6-16(12-17(18)21(23,24)25)14-27-19(28)20(8-10-26-11-9-20)13-15-4-2-1-3-5-15/h1-7,12,26H,8-11,13-14H2,(H,27,28). The third-order valence-electron chi connectivity index (χ3n) is 5.22. The molecule has 0 radical (unpaired) electrons. The number of hydrogen-bond acceptors (Lipinski definition) is 2. The van der Waals surface area contributed by atoms with Crippen molar-refractivity contribution in [3.63, 3.8) is 0 Å². The van der Waals surface area contributed by atoms with Gasteiger partial charge in [-0.05, 0) is 55.6 Å². The predicted molar refractivity (Wildman–Crippen MR) is 103 cm³/mol. The fraction of sp³-hybridized carbons (Fsp3) is 0.381. The first-order valence-electron chi connectivity index (χ1n) is 9.19. The summed E-state index contributed by atoms with van der Waals surface area (Å²) in [7, 11) is 0. The number of piperidine rings is 1. The zero-order chi connectivity index (χ0) is 20.2. The Morgan fingerprint density at radius 2 is 1.75 bits per heavy atom. The summed E-state index contributed by atoms with van der Waals surface area (Å²) in [6, 6.07) is 13.5. The molecule has 0 atom stereocenters. The molecule has 1 amide bonds. The van der Waals surface area contributed by atoms with Crippen molar-refractivity contribution in [2.45, 2.75) is 32.0 Å². The van der Waals surface area contributed by atoms with E-state index < -0.39 is 17.2 Å². The monoisotopic (exact) mass is 410 g/mol. The van der Waals surface area contributed by atoms with Gasteiger partial charge in [0.15, 0.2) is 0 Å². The van der Waals surface area contributed by atoms with Crippen molar-refractivity contribution in [2.75, 3.05) is 13.1 Å². The second-order valence-electron chi connectivity index (χ2n) is 7.19. The number of halogens is 4. The van der Waals surface area contributed by atoms with E-state index in [0.717, 1.165) is 24.7 Å². The molecule has 1 saturated heterocycles. The molecule has 3 nitrogen and oxygen atoms in total. The van der Waals surface area contributed by atoms with Crippen LogP contribution in [0.4, 0.5) is 13.2 Å². The second-order valence-corrected chi connectivity index (χ2v) is 7.59. The maximum atomic E-state index is 13.1. The molecule has 0 unspecified atom stereocenters. The van der Waals surface area contributed by atoms with Crippen LogP contribution < -0.4 is 10.6 Å². The van der Waals surface area contributed by atoms with Crippen LogP contribution in [0.2, 0.25) is 5.02 Å². The van der Waals surface area contributed by atoms with Crippen LogP contribution in [-0.2, 0) is 23.9 Å². The largest absolute Gasteiger partial charge is 0.417 e. The summed E-state index contributed by atoms with van der Waals surface area (Å²) in [4.78, 5) is 13.1. The number of benzene rings is 2. The van der Waals surface area contributed by atoms with E-state index >= 15 is 0 Å².